The maximum absolute atomic E-state index is 11.4. The summed E-state index contributed by atoms with van der Waals surface area (Å²) in [6, 6.07) is 0.722. The maximum Gasteiger partial charge on any atom is 0.153 e. The van der Waals surface area contributed by atoms with Gasteiger partial charge >= 0.3 is 0 Å². The highest BCUT2D eigenvalue weighted by molar-refractivity contribution is 7.90. The van der Waals surface area contributed by atoms with E-state index in [2.05, 4.69) is 10.3 Å². The fourth-order valence-electron chi connectivity index (χ4n) is 2.64. The van der Waals surface area contributed by atoms with E-state index in [1.165, 1.54) is 42.5 Å². The smallest absolute Gasteiger partial charge is 0.153 e. The Labute approximate surface area is 118 Å². The van der Waals surface area contributed by atoms with Crippen molar-refractivity contribution in [3.63, 3.8) is 0 Å². The standard InChI is InChI=1S/C13H20N2O2S2/c1-19(16,17)8-12-15-13-9(7-14-10-5-6-10)3-2-4-11(13)18-12/h9-10,14H,2-8H2,1H3. The van der Waals surface area contributed by atoms with Crippen LogP contribution in [-0.2, 0) is 22.0 Å². The van der Waals surface area contributed by atoms with Crippen molar-refractivity contribution in [2.24, 2.45) is 0 Å². The number of aromatic nitrogens is 1. The van der Waals surface area contributed by atoms with Gasteiger partial charge in [0.15, 0.2) is 9.84 Å². The Hall–Kier alpha value is -0.460. The zero-order chi connectivity index (χ0) is 13.5. The van der Waals surface area contributed by atoms with Gasteiger partial charge in [-0.2, -0.15) is 0 Å². The van der Waals surface area contributed by atoms with Crippen LogP contribution in [0.3, 0.4) is 0 Å². The number of hydrogen-bond donors (Lipinski definition) is 1. The second-order valence-corrected chi connectivity index (χ2v) is 9.07. The molecule has 2 aliphatic carbocycles. The Morgan fingerprint density at radius 1 is 1.37 bits per heavy atom. The van der Waals surface area contributed by atoms with E-state index >= 15 is 0 Å². The van der Waals surface area contributed by atoms with Crippen LogP contribution >= 0.6 is 11.3 Å². The third-order valence-electron chi connectivity index (χ3n) is 3.73. The van der Waals surface area contributed by atoms with Gasteiger partial charge < -0.3 is 5.32 Å². The van der Waals surface area contributed by atoms with Gasteiger partial charge in [0.25, 0.3) is 0 Å². The normalized spacial score (nSPS) is 23.3. The fourth-order valence-corrected chi connectivity index (χ4v) is 5.02. The first-order chi connectivity index (χ1) is 9.01. The number of nitrogens with zero attached hydrogens (tertiary/aromatic N) is 1. The molecular formula is C13H20N2O2S2. The molecule has 1 aromatic rings. The number of fused-ring (bicyclic) bond motifs is 1. The van der Waals surface area contributed by atoms with Crippen molar-refractivity contribution in [1.29, 1.82) is 0 Å². The molecule has 6 heteroatoms. The molecule has 19 heavy (non-hydrogen) atoms. The molecule has 1 fully saturated rings. The summed E-state index contributed by atoms with van der Waals surface area (Å²) in [7, 11) is -2.98. The van der Waals surface area contributed by atoms with Gasteiger partial charge in [-0.3, -0.25) is 0 Å². The molecule has 0 saturated heterocycles. The molecule has 0 aromatic carbocycles. The van der Waals surface area contributed by atoms with Crippen LogP contribution in [0, 0.1) is 0 Å². The van der Waals surface area contributed by atoms with E-state index in [1.54, 1.807) is 11.3 Å². The van der Waals surface area contributed by atoms with Crippen LogP contribution in [0.25, 0.3) is 0 Å². The van der Waals surface area contributed by atoms with Crippen molar-refractivity contribution in [2.45, 2.75) is 49.8 Å². The fraction of sp³-hybridized carbons (Fsp3) is 0.769. The molecule has 0 amide bonds. The molecule has 106 valence electrons. The number of nitrogens with one attached hydrogen (secondary N) is 1. The summed E-state index contributed by atoms with van der Waals surface area (Å²) in [5.41, 5.74) is 1.17. The third kappa shape index (κ3) is 3.55. The largest absolute Gasteiger partial charge is 0.313 e. The average Bonchev–Trinajstić information content (AvgIpc) is 3.04. The number of aryl methyl sites for hydroxylation is 1. The highest BCUT2D eigenvalue weighted by Gasteiger charge is 2.28. The second-order valence-electron chi connectivity index (χ2n) is 5.76. The predicted molar refractivity (Wildman–Crippen MR) is 77.4 cm³/mol. The van der Waals surface area contributed by atoms with E-state index in [-0.39, 0.29) is 5.75 Å². The van der Waals surface area contributed by atoms with Crippen molar-refractivity contribution >= 4 is 21.2 Å². The van der Waals surface area contributed by atoms with Crippen LogP contribution in [0.15, 0.2) is 0 Å². The second kappa shape index (κ2) is 5.14. The molecule has 3 rings (SSSR count). The molecule has 1 aromatic heterocycles. The van der Waals surface area contributed by atoms with E-state index in [4.69, 9.17) is 0 Å². The number of hydrogen-bond acceptors (Lipinski definition) is 5. The van der Waals surface area contributed by atoms with Crippen molar-refractivity contribution < 1.29 is 8.42 Å². The monoisotopic (exact) mass is 300 g/mol. The summed E-state index contributed by atoms with van der Waals surface area (Å²) in [5.74, 6) is 0.571. The Kier molecular flexibility index (Phi) is 3.66. The molecule has 1 heterocycles. The molecule has 2 aliphatic rings. The molecule has 0 spiro atoms. The van der Waals surface area contributed by atoms with Crippen molar-refractivity contribution in [2.75, 3.05) is 12.8 Å². The lowest BCUT2D eigenvalue weighted by atomic mass is 9.91. The molecule has 0 bridgehead atoms. The van der Waals surface area contributed by atoms with Gasteiger partial charge in [0.05, 0.1) is 5.69 Å². The minimum atomic E-state index is -2.98. The van der Waals surface area contributed by atoms with Gasteiger partial charge in [0.1, 0.15) is 10.8 Å². The number of rotatable bonds is 5. The molecule has 1 N–H and O–H groups in total. The van der Waals surface area contributed by atoms with E-state index < -0.39 is 9.84 Å². The Balaban J connectivity index is 1.74. The predicted octanol–water partition coefficient (Wildman–Crippen LogP) is 1.86. The minimum absolute atomic E-state index is 0.0907. The van der Waals surface area contributed by atoms with Crippen LogP contribution in [0.5, 0.6) is 0 Å². The number of thiazole rings is 1. The van der Waals surface area contributed by atoms with E-state index in [0.717, 1.165) is 24.0 Å². The van der Waals surface area contributed by atoms with Crippen LogP contribution < -0.4 is 5.32 Å². The zero-order valence-corrected chi connectivity index (χ0v) is 12.8. The lowest BCUT2D eigenvalue weighted by Gasteiger charge is -2.21. The van der Waals surface area contributed by atoms with Crippen molar-refractivity contribution in [3.05, 3.63) is 15.6 Å². The molecule has 1 unspecified atom stereocenters. The summed E-state index contributed by atoms with van der Waals surface area (Å²) in [6.45, 7) is 1.000. The van der Waals surface area contributed by atoms with Gasteiger partial charge in [-0.25, -0.2) is 13.4 Å². The third-order valence-corrected chi connectivity index (χ3v) is 5.84. The first-order valence-electron chi connectivity index (χ1n) is 6.91. The van der Waals surface area contributed by atoms with E-state index in [9.17, 15) is 8.42 Å². The van der Waals surface area contributed by atoms with Crippen LogP contribution in [-0.4, -0.2) is 32.2 Å². The van der Waals surface area contributed by atoms with Gasteiger partial charge in [-0.15, -0.1) is 11.3 Å². The van der Waals surface area contributed by atoms with Gasteiger partial charge in [0, 0.05) is 29.6 Å². The van der Waals surface area contributed by atoms with E-state index in [0.29, 0.717) is 5.92 Å². The maximum atomic E-state index is 11.4. The topological polar surface area (TPSA) is 59.1 Å². The summed E-state index contributed by atoms with van der Waals surface area (Å²) >= 11 is 1.60. The lowest BCUT2D eigenvalue weighted by molar-refractivity contribution is 0.500. The van der Waals surface area contributed by atoms with Crippen LogP contribution in [0.1, 0.15) is 47.2 Å². The summed E-state index contributed by atoms with van der Waals surface area (Å²) in [5, 5.41) is 4.34. The molecule has 0 aliphatic heterocycles. The molecule has 1 saturated carbocycles. The molecule has 1 atom stereocenters. The highest BCUT2D eigenvalue weighted by Crippen LogP contribution is 2.35. The first-order valence-corrected chi connectivity index (χ1v) is 9.78. The summed E-state index contributed by atoms with van der Waals surface area (Å²) in [4.78, 5) is 5.93. The van der Waals surface area contributed by atoms with Gasteiger partial charge in [0.2, 0.25) is 0 Å². The zero-order valence-electron chi connectivity index (χ0n) is 11.2. The summed E-state index contributed by atoms with van der Waals surface area (Å²) in [6.07, 6.45) is 7.32. The highest BCUT2D eigenvalue weighted by atomic mass is 32.2. The van der Waals surface area contributed by atoms with Crippen molar-refractivity contribution in [3.8, 4) is 0 Å². The molecular weight excluding hydrogens is 280 g/mol. The van der Waals surface area contributed by atoms with Crippen LogP contribution in [0.2, 0.25) is 0 Å². The van der Waals surface area contributed by atoms with Crippen molar-refractivity contribution in [1.82, 2.24) is 10.3 Å². The molecule has 4 nitrogen and oxygen atoms in total. The average molecular weight is 300 g/mol. The Bertz CT molecular complexity index is 561. The summed E-state index contributed by atoms with van der Waals surface area (Å²) < 4.78 is 22.7. The quantitative estimate of drug-likeness (QED) is 0.902. The molecule has 0 radical (unpaired) electrons. The van der Waals surface area contributed by atoms with E-state index in [1.807, 2.05) is 0 Å². The lowest BCUT2D eigenvalue weighted by Crippen LogP contribution is -2.25. The Morgan fingerprint density at radius 3 is 2.84 bits per heavy atom. The SMILES string of the molecule is CS(=O)(=O)Cc1nc2c(s1)CCCC2CNC1CC1. The number of sulfone groups is 1. The Morgan fingerprint density at radius 2 is 2.16 bits per heavy atom. The minimum Gasteiger partial charge on any atom is -0.313 e. The van der Waals surface area contributed by atoms with Crippen LogP contribution in [0.4, 0.5) is 0 Å². The van der Waals surface area contributed by atoms with Gasteiger partial charge in [-0.05, 0) is 32.1 Å². The first kappa shape index (κ1) is 13.5. The van der Waals surface area contributed by atoms with Gasteiger partial charge in [-0.1, -0.05) is 0 Å².